The van der Waals surface area contributed by atoms with Crippen LogP contribution in [0.15, 0.2) is 0 Å². The lowest BCUT2D eigenvalue weighted by atomic mass is 10.2. The Labute approximate surface area is 109 Å². The molecule has 19 heavy (non-hydrogen) atoms. The van der Waals surface area contributed by atoms with Crippen LogP contribution in [0.1, 0.15) is 25.7 Å². The maximum atomic E-state index is 11.3. The standard InChI is InChI=1S/C10H17N3O6/c11-7(14)3-1-2-4-12-10(19)13-6(9(17)18)5-8(15)16/h6H,1-5H2,(H2,11,14)(H,15,16)(H,17,18)(H2,12,13,19)/t6-/m0/s1. The summed E-state index contributed by atoms with van der Waals surface area (Å²) in [5, 5.41) is 21.5. The minimum absolute atomic E-state index is 0.208. The van der Waals surface area contributed by atoms with Gasteiger partial charge in [0, 0.05) is 13.0 Å². The zero-order valence-electron chi connectivity index (χ0n) is 10.2. The van der Waals surface area contributed by atoms with Crippen molar-refractivity contribution in [2.75, 3.05) is 6.54 Å². The van der Waals surface area contributed by atoms with Crippen molar-refractivity contribution in [2.24, 2.45) is 5.73 Å². The van der Waals surface area contributed by atoms with E-state index >= 15 is 0 Å². The van der Waals surface area contributed by atoms with Crippen LogP contribution in [0.4, 0.5) is 4.79 Å². The number of amides is 3. The maximum Gasteiger partial charge on any atom is 0.326 e. The number of rotatable bonds is 9. The van der Waals surface area contributed by atoms with Gasteiger partial charge in [-0.15, -0.1) is 0 Å². The summed E-state index contributed by atoms with van der Waals surface area (Å²) in [6.07, 6.45) is 0.518. The zero-order chi connectivity index (χ0) is 14.8. The Balaban J connectivity index is 3.90. The van der Waals surface area contributed by atoms with Gasteiger partial charge in [0.1, 0.15) is 6.04 Å². The lowest BCUT2D eigenvalue weighted by molar-refractivity contribution is -0.145. The first-order valence-electron chi connectivity index (χ1n) is 5.60. The van der Waals surface area contributed by atoms with Crippen LogP contribution in [0.25, 0.3) is 0 Å². The number of primary amides is 1. The van der Waals surface area contributed by atoms with Crippen molar-refractivity contribution in [3.05, 3.63) is 0 Å². The summed E-state index contributed by atoms with van der Waals surface area (Å²) in [6.45, 7) is 0.235. The molecule has 0 saturated carbocycles. The van der Waals surface area contributed by atoms with Crippen LogP contribution in [0.3, 0.4) is 0 Å². The molecule has 9 heteroatoms. The van der Waals surface area contributed by atoms with E-state index < -0.39 is 36.3 Å². The van der Waals surface area contributed by atoms with Crippen molar-refractivity contribution in [3.63, 3.8) is 0 Å². The molecule has 6 N–H and O–H groups in total. The molecule has 0 fully saturated rings. The van der Waals surface area contributed by atoms with Crippen molar-refractivity contribution in [3.8, 4) is 0 Å². The highest BCUT2D eigenvalue weighted by molar-refractivity contribution is 5.86. The highest BCUT2D eigenvalue weighted by atomic mass is 16.4. The number of carbonyl (C=O) groups is 4. The Morgan fingerprint density at radius 1 is 1.11 bits per heavy atom. The predicted molar refractivity (Wildman–Crippen MR) is 63.3 cm³/mol. The summed E-state index contributed by atoms with van der Waals surface area (Å²) < 4.78 is 0. The molecular formula is C10H17N3O6. The molecule has 0 bridgehead atoms. The van der Waals surface area contributed by atoms with Crippen LogP contribution in [0, 0.1) is 0 Å². The number of carbonyl (C=O) groups excluding carboxylic acids is 2. The zero-order valence-corrected chi connectivity index (χ0v) is 10.2. The molecule has 1 atom stereocenters. The molecule has 0 spiro atoms. The fourth-order valence-electron chi connectivity index (χ4n) is 1.21. The molecule has 0 aromatic heterocycles. The van der Waals surface area contributed by atoms with E-state index in [1.807, 2.05) is 5.32 Å². The second-order valence-electron chi connectivity index (χ2n) is 3.81. The van der Waals surface area contributed by atoms with Crippen molar-refractivity contribution < 1.29 is 29.4 Å². The molecule has 9 nitrogen and oxygen atoms in total. The highest BCUT2D eigenvalue weighted by Crippen LogP contribution is 1.94. The molecule has 0 aromatic rings. The Kier molecular flexibility index (Phi) is 7.66. The van der Waals surface area contributed by atoms with Crippen LogP contribution in [-0.2, 0) is 14.4 Å². The van der Waals surface area contributed by atoms with Gasteiger partial charge in [-0.25, -0.2) is 9.59 Å². The predicted octanol–water partition coefficient (Wildman–Crippen LogP) is -1.13. The van der Waals surface area contributed by atoms with E-state index in [-0.39, 0.29) is 13.0 Å². The quantitative estimate of drug-likeness (QED) is 0.335. The van der Waals surface area contributed by atoms with E-state index in [1.165, 1.54) is 0 Å². The van der Waals surface area contributed by atoms with E-state index in [4.69, 9.17) is 15.9 Å². The smallest absolute Gasteiger partial charge is 0.326 e. The third-order valence-electron chi connectivity index (χ3n) is 2.12. The average molecular weight is 275 g/mol. The second kappa shape index (κ2) is 8.72. The topological polar surface area (TPSA) is 159 Å². The molecule has 0 saturated heterocycles. The number of carboxylic acids is 2. The van der Waals surface area contributed by atoms with E-state index in [0.29, 0.717) is 12.8 Å². The van der Waals surface area contributed by atoms with Crippen molar-refractivity contribution in [1.29, 1.82) is 0 Å². The van der Waals surface area contributed by atoms with Gasteiger partial charge in [-0.2, -0.15) is 0 Å². The number of aliphatic carboxylic acids is 2. The van der Waals surface area contributed by atoms with Crippen molar-refractivity contribution >= 4 is 23.9 Å². The Hall–Kier alpha value is -2.32. The number of carboxylic acid groups (broad SMARTS) is 2. The number of hydrogen-bond donors (Lipinski definition) is 5. The molecule has 0 aliphatic heterocycles. The Morgan fingerprint density at radius 3 is 2.21 bits per heavy atom. The van der Waals surface area contributed by atoms with Gasteiger partial charge in [0.15, 0.2) is 0 Å². The number of nitrogens with two attached hydrogens (primary N) is 1. The maximum absolute atomic E-state index is 11.3. The van der Waals surface area contributed by atoms with Gasteiger partial charge >= 0.3 is 18.0 Å². The molecule has 108 valence electrons. The molecule has 0 radical (unpaired) electrons. The van der Waals surface area contributed by atoms with Crippen LogP contribution in [0.5, 0.6) is 0 Å². The van der Waals surface area contributed by atoms with Crippen LogP contribution in [-0.4, -0.2) is 46.7 Å². The first-order chi connectivity index (χ1) is 8.82. The summed E-state index contributed by atoms with van der Waals surface area (Å²) in [6, 6.07) is -2.25. The number of urea groups is 1. The third kappa shape index (κ3) is 9.39. The molecule has 0 rings (SSSR count). The first kappa shape index (κ1) is 16.7. The summed E-state index contributed by atoms with van der Waals surface area (Å²) in [5.74, 6) is -3.18. The van der Waals surface area contributed by atoms with Gasteiger partial charge in [-0.3, -0.25) is 9.59 Å². The minimum atomic E-state index is -1.48. The van der Waals surface area contributed by atoms with Crippen LogP contribution < -0.4 is 16.4 Å². The van der Waals surface area contributed by atoms with Gasteiger partial charge in [-0.1, -0.05) is 0 Å². The van der Waals surface area contributed by atoms with E-state index in [2.05, 4.69) is 5.32 Å². The second-order valence-corrected chi connectivity index (χ2v) is 3.81. The summed E-state index contributed by atoms with van der Waals surface area (Å²) >= 11 is 0. The normalized spacial score (nSPS) is 11.4. The van der Waals surface area contributed by atoms with E-state index in [1.54, 1.807) is 0 Å². The fourth-order valence-corrected chi connectivity index (χ4v) is 1.21. The molecule has 0 aliphatic carbocycles. The number of nitrogens with one attached hydrogen (secondary N) is 2. The van der Waals surface area contributed by atoms with Gasteiger partial charge in [0.2, 0.25) is 5.91 Å². The van der Waals surface area contributed by atoms with Crippen LogP contribution >= 0.6 is 0 Å². The number of unbranched alkanes of at least 4 members (excludes halogenated alkanes) is 1. The van der Waals surface area contributed by atoms with E-state index in [0.717, 1.165) is 0 Å². The molecule has 0 aromatic carbocycles. The van der Waals surface area contributed by atoms with Gasteiger partial charge in [-0.05, 0) is 12.8 Å². The first-order valence-corrected chi connectivity index (χ1v) is 5.60. The van der Waals surface area contributed by atoms with Crippen molar-refractivity contribution in [1.82, 2.24) is 10.6 Å². The monoisotopic (exact) mass is 275 g/mol. The minimum Gasteiger partial charge on any atom is -0.481 e. The lowest BCUT2D eigenvalue weighted by Gasteiger charge is -2.13. The van der Waals surface area contributed by atoms with Gasteiger partial charge in [0.05, 0.1) is 6.42 Å². The van der Waals surface area contributed by atoms with Gasteiger partial charge in [0.25, 0.3) is 0 Å². The number of hydrogen-bond acceptors (Lipinski definition) is 4. The highest BCUT2D eigenvalue weighted by Gasteiger charge is 2.22. The SMILES string of the molecule is NC(=O)CCCCNC(=O)N[C@@H](CC(=O)O)C(=O)O. The molecule has 0 aliphatic rings. The summed E-state index contributed by atoms with van der Waals surface area (Å²) in [5.41, 5.74) is 4.92. The average Bonchev–Trinajstić information content (AvgIpc) is 2.26. The van der Waals surface area contributed by atoms with Gasteiger partial charge < -0.3 is 26.6 Å². The Bertz CT molecular complexity index is 357. The summed E-state index contributed by atoms with van der Waals surface area (Å²) in [7, 11) is 0. The van der Waals surface area contributed by atoms with Crippen LogP contribution in [0.2, 0.25) is 0 Å². The molecule has 0 heterocycles. The largest absolute Gasteiger partial charge is 0.481 e. The van der Waals surface area contributed by atoms with E-state index in [9.17, 15) is 19.2 Å². The van der Waals surface area contributed by atoms with Crippen molar-refractivity contribution in [2.45, 2.75) is 31.7 Å². The molecule has 3 amide bonds. The lowest BCUT2D eigenvalue weighted by Crippen LogP contribution is -2.47. The summed E-state index contributed by atoms with van der Waals surface area (Å²) in [4.78, 5) is 42.7. The molecular weight excluding hydrogens is 258 g/mol. The Morgan fingerprint density at radius 2 is 1.74 bits per heavy atom. The third-order valence-corrected chi connectivity index (χ3v) is 2.12. The fraction of sp³-hybridized carbons (Fsp3) is 0.600. The molecule has 0 unspecified atom stereocenters.